The molecule has 3 heteroatoms. The van der Waals surface area contributed by atoms with E-state index in [4.69, 9.17) is 0 Å². The van der Waals surface area contributed by atoms with E-state index in [0.29, 0.717) is 5.92 Å². The summed E-state index contributed by atoms with van der Waals surface area (Å²) in [5.41, 5.74) is 4.67. The zero-order valence-electron chi connectivity index (χ0n) is 13.4. The van der Waals surface area contributed by atoms with Crippen LogP contribution in [0.5, 0.6) is 0 Å². The van der Waals surface area contributed by atoms with E-state index in [2.05, 4.69) is 66.4 Å². The lowest BCUT2D eigenvalue weighted by Crippen LogP contribution is -2.21. The van der Waals surface area contributed by atoms with Gasteiger partial charge in [0.05, 0.1) is 0 Å². The van der Waals surface area contributed by atoms with E-state index >= 15 is 0 Å². The summed E-state index contributed by atoms with van der Waals surface area (Å²) in [5, 5.41) is 3.50. The highest BCUT2D eigenvalue weighted by Crippen LogP contribution is 2.27. The number of para-hydroxylation sites is 1. The van der Waals surface area contributed by atoms with E-state index in [1.165, 1.54) is 16.9 Å². The molecule has 0 radical (unpaired) electrons. The van der Waals surface area contributed by atoms with Gasteiger partial charge in [0, 0.05) is 42.4 Å². The first-order valence-electron chi connectivity index (χ1n) is 7.53. The number of hydrogen-bond acceptors (Lipinski definition) is 3. The Morgan fingerprint density at radius 2 is 1.90 bits per heavy atom. The normalized spacial score (nSPS) is 10.9. The molecule has 0 atom stereocenters. The number of aromatic nitrogens is 1. The van der Waals surface area contributed by atoms with Crippen LogP contribution in [0.3, 0.4) is 0 Å². The maximum atomic E-state index is 4.45. The van der Waals surface area contributed by atoms with Crippen molar-refractivity contribution in [2.45, 2.75) is 27.3 Å². The van der Waals surface area contributed by atoms with Gasteiger partial charge in [-0.3, -0.25) is 4.98 Å². The first kappa shape index (κ1) is 15.5. The van der Waals surface area contributed by atoms with E-state index < -0.39 is 0 Å². The van der Waals surface area contributed by atoms with Gasteiger partial charge in [0.15, 0.2) is 0 Å². The van der Waals surface area contributed by atoms with Crippen LogP contribution in [0.25, 0.3) is 0 Å². The molecule has 1 aromatic carbocycles. The van der Waals surface area contributed by atoms with Crippen molar-refractivity contribution in [2.24, 2.45) is 5.92 Å². The molecular weight excluding hydrogens is 258 g/mol. The first-order chi connectivity index (χ1) is 10.1. The van der Waals surface area contributed by atoms with E-state index in [1.54, 1.807) is 0 Å². The van der Waals surface area contributed by atoms with Gasteiger partial charge < -0.3 is 10.2 Å². The third-order valence-electron chi connectivity index (χ3n) is 3.47. The molecule has 0 spiro atoms. The van der Waals surface area contributed by atoms with Crippen molar-refractivity contribution in [1.82, 2.24) is 10.3 Å². The fourth-order valence-electron chi connectivity index (χ4n) is 2.31. The van der Waals surface area contributed by atoms with Crippen molar-refractivity contribution in [3.05, 3.63) is 53.9 Å². The highest BCUT2D eigenvalue weighted by Gasteiger charge is 2.10. The summed E-state index contributed by atoms with van der Waals surface area (Å²) < 4.78 is 0. The molecule has 0 bridgehead atoms. The second-order valence-corrected chi connectivity index (χ2v) is 5.87. The highest BCUT2D eigenvalue weighted by atomic mass is 15.1. The largest absolute Gasteiger partial charge is 0.344 e. The number of aryl methyl sites for hydroxylation is 1. The third kappa shape index (κ3) is 4.30. The molecule has 0 amide bonds. The molecule has 2 aromatic rings. The minimum atomic E-state index is 0.652. The van der Waals surface area contributed by atoms with Gasteiger partial charge in [-0.2, -0.15) is 0 Å². The Kier molecular flexibility index (Phi) is 5.34. The molecule has 0 saturated carbocycles. The van der Waals surface area contributed by atoms with Crippen LogP contribution in [0.15, 0.2) is 42.6 Å². The summed E-state index contributed by atoms with van der Waals surface area (Å²) in [7, 11) is 2.11. The predicted octanol–water partition coefficient (Wildman–Crippen LogP) is 3.90. The van der Waals surface area contributed by atoms with Crippen LogP contribution >= 0.6 is 0 Å². The number of anilines is 2. The molecule has 3 nitrogen and oxygen atoms in total. The molecule has 1 N–H and O–H groups in total. The first-order valence-corrected chi connectivity index (χ1v) is 7.53. The molecule has 0 aliphatic carbocycles. The molecule has 0 aliphatic rings. The summed E-state index contributed by atoms with van der Waals surface area (Å²) in [6.45, 7) is 8.34. The molecule has 0 saturated heterocycles. The van der Waals surface area contributed by atoms with E-state index in [1.807, 2.05) is 19.2 Å². The molecule has 112 valence electrons. The average molecular weight is 283 g/mol. The third-order valence-corrected chi connectivity index (χ3v) is 3.47. The van der Waals surface area contributed by atoms with Gasteiger partial charge in [-0.1, -0.05) is 32.0 Å². The van der Waals surface area contributed by atoms with Crippen LogP contribution in [0.4, 0.5) is 11.4 Å². The quantitative estimate of drug-likeness (QED) is 0.871. The van der Waals surface area contributed by atoms with E-state index in [0.717, 1.165) is 18.8 Å². The Bertz CT molecular complexity index is 564. The van der Waals surface area contributed by atoms with Gasteiger partial charge in [-0.05, 0) is 37.6 Å². The van der Waals surface area contributed by atoms with Crippen LogP contribution in [0, 0.1) is 12.8 Å². The van der Waals surface area contributed by atoms with Crippen molar-refractivity contribution >= 4 is 11.4 Å². The minimum Gasteiger partial charge on any atom is -0.344 e. The maximum absolute atomic E-state index is 4.45. The number of nitrogens with zero attached hydrogens (tertiary/aromatic N) is 2. The molecular formula is C18H25N3. The van der Waals surface area contributed by atoms with Crippen molar-refractivity contribution in [1.29, 1.82) is 0 Å². The van der Waals surface area contributed by atoms with Crippen LogP contribution < -0.4 is 10.2 Å². The standard InChI is InChI=1S/C18H25N3/c1-14(2)11-19-12-16-13-20-15(3)10-18(16)21(4)17-8-6-5-7-9-17/h5-10,13-14,19H,11-12H2,1-4H3. The minimum absolute atomic E-state index is 0.652. The van der Waals surface area contributed by atoms with Crippen molar-refractivity contribution in [3.63, 3.8) is 0 Å². The number of benzene rings is 1. The van der Waals surface area contributed by atoms with Gasteiger partial charge >= 0.3 is 0 Å². The summed E-state index contributed by atoms with van der Waals surface area (Å²) in [4.78, 5) is 6.67. The SMILES string of the molecule is Cc1cc(N(C)c2ccccc2)c(CNCC(C)C)cn1. The maximum Gasteiger partial charge on any atom is 0.0487 e. The molecule has 0 unspecified atom stereocenters. The molecule has 0 aliphatic heterocycles. The van der Waals surface area contributed by atoms with Gasteiger partial charge in [0.25, 0.3) is 0 Å². The molecule has 1 aromatic heterocycles. The molecule has 21 heavy (non-hydrogen) atoms. The Morgan fingerprint density at radius 1 is 1.19 bits per heavy atom. The highest BCUT2D eigenvalue weighted by molar-refractivity contribution is 5.65. The van der Waals surface area contributed by atoms with Gasteiger partial charge in [0.2, 0.25) is 0 Å². The lowest BCUT2D eigenvalue weighted by Gasteiger charge is -2.23. The number of hydrogen-bond donors (Lipinski definition) is 1. The van der Waals surface area contributed by atoms with Crippen LogP contribution in [0.1, 0.15) is 25.1 Å². The second kappa shape index (κ2) is 7.23. The van der Waals surface area contributed by atoms with Crippen LogP contribution in [-0.4, -0.2) is 18.6 Å². The Morgan fingerprint density at radius 3 is 2.57 bits per heavy atom. The zero-order valence-corrected chi connectivity index (χ0v) is 13.4. The summed E-state index contributed by atoms with van der Waals surface area (Å²) >= 11 is 0. The second-order valence-electron chi connectivity index (χ2n) is 5.87. The molecule has 2 rings (SSSR count). The van der Waals surface area contributed by atoms with Gasteiger partial charge in [0.1, 0.15) is 0 Å². The smallest absolute Gasteiger partial charge is 0.0487 e. The average Bonchev–Trinajstić information content (AvgIpc) is 2.48. The molecule has 0 fully saturated rings. The monoisotopic (exact) mass is 283 g/mol. The Labute approximate surface area is 128 Å². The summed E-state index contributed by atoms with van der Waals surface area (Å²) in [5.74, 6) is 0.652. The van der Waals surface area contributed by atoms with E-state index in [-0.39, 0.29) is 0 Å². The number of rotatable bonds is 6. The Balaban J connectivity index is 2.22. The summed E-state index contributed by atoms with van der Waals surface area (Å²) in [6, 6.07) is 12.6. The topological polar surface area (TPSA) is 28.2 Å². The number of nitrogens with one attached hydrogen (secondary N) is 1. The fraction of sp³-hybridized carbons (Fsp3) is 0.389. The summed E-state index contributed by atoms with van der Waals surface area (Å²) in [6.07, 6.45) is 1.98. The van der Waals surface area contributed by atoms with Crippen molar-refractivity contribution < 1.29 is 0 Å². The molecule has 1 heterocycles. The fourth-order valence-corrected chi connectivity index (χ4v) is 2.31. The van der Waals surface area contributed by atoms with Gasteiger partial charge in [-0.15, -0.1) is 0 Å². The van der Waals surface area contributed by atoms with Crippen LogP contribution in [0.2, 0.25) is 0 Å². The zero-order chi connectivity index (χ0) is 15.2. The lowest BCUT2D eigenvalue weighted by molar-refractivity contribution is 0.552. The van der Waals surface area contributed by atoms with Crippen molar-refractivity contribution in [2.75, 3.05) is 18.5 Å². The predicted molar refractivity (Wildman–Crippen MR) is 90.0 cm³/mol. The van der Waals surface area contributed by atoms with Crippen molar-refractivity contribution in [3.8, 4) is 0 Å². The number of pyridine rings is 1. The Hall–Kier alpha value is -1.87. The van der Waals surface area contributed by atoms with Crippen LogP contribution in [-0.2, 0) is 6.54 Å². The van der Waals surface area contributed by atoms with E-state index in [9.17, 15) is 0 Å². The van der Waals surface area contributed by atoms with Gasteiger partial charge in [-0.25, -0.2) is 0 Å². The lowest BCUT2D eigenvalue weighted by atomic mass is 10.1.